The number of nitrogens with one attached hydrogen (secondary N) is 1. The number of thioether (sulfide) groups is 1. The van der Waals surface area contributed by atoms with Crippen molar-refractivity contribution in [1.82, 2.24) is 5.43 Å². The van der Waals surface area contributed by atoms with E-state index in [0.29, 0.717) is 21.9 Å². The summed E-state index contributed by atoms with van der Waals surface area (Å²) in [7, 11) is 0. The number of amides is 1. The molecule has 0 saturated carbocycles. The molecule has 2 N–H and O–H groups in total. The minimum absolute atomic E-state index is 0.0595. The average molecular weight is 335 g/mol. The molecule has 22 heavy (non-hydrogen) atoms. The second-order valence-corrected chi connectivity index (χ2v) is 5.85. The zero-order valence-corrected chi connectivity index (χ0v) is 13.7. The number of aromatic hydroxyl groups is 1. The van der Waals surface area contributed by atoms with Crippen molar-refractivity contribution < 1.29 is 9.90 Å². The van der Waals surface area contributed by atoms with E-state index in [1.807, 2.05) is 18.4 Å². The highest BCUT2D eigenvalue weighted by atomic mass is 35.5. The third kappa shape index (κ3) is 4.02. The maximum absolute atomic E-state index is 12.1. The standard InChI is InChI=1S/C16H15ClN2O2S/c1-10(14-9-12(17)6-7-15(14)20)18-19-16(21)11-4-3-5-13(8-11)22-2/h3-9,20H,1-2H3,(H,19,21)/b18-10+. The van der Waals surface area contributed by atoms with E-state index >= 15 is 0 Å². The molecule has 0 saturated heterocycles. The van der Waals surface area contributed by atoms with Crippen LogP contribution in [0.2, 0.25) is 5.02 Å². The second kappa shape index (κ2) is 7.33. The van der Waals surface area contributed by atoms with Crippen molar-refractivity contribution in [3.63, 3.8) is 0 Å². The van der Waals surface area contributed by atoms with Crippen LogP contribution in [0.1, 0.15) is 22.8 Å². The molecule has 0 aromatic heterocycles. The Morgan fingerprint density at radius 1 is 1.27 bits per heavy atom. The summed E-state index contributed by atoms with van der Waals surface area (Å²) in [6.45, 7) is 1.68. The van der Waals surface area contributed by atoms with Crippen molar-refractivity contribution in [2.75, 3.05) is 6.26 Å². The predicted molar refractivity (Wildman–Crippen MR) is 91.0 cm³/mol. The fraction of sp³-hybridized carbons (Fsp3) is 0.125. The molecule has 2 aromatic carbocycles. The number of benzene rings is 2. The summed E-state index contributed by atoms with van der Waals surface area (Å²) >= 11 is 7.46. The molecule has 0 aliphatic carbocycles. The number of nitrogens with zero attached hydrogens (tertiary/aromatic N) is 1. The van der Waals surface area contributed by atoms with Crippen LogP contribution >= 0.6 is 23.4 Å². The third-order valence-electron chi connectivity index (χ3n) is 3.01. The van der Waals surface area contributed by atoms with Crippen LogP contribution in [0.4, 0.5) is 0 Å². The maximum Gasteiger partial charge on any atom is 0.271 e. The largest absolute Gasteiger partial charge is 0.507 e. The fourth-order valence-electron chi connectivity index (χ4n) is 1.82. The predicted octanol–water partition coefficient (Wildman–Crippen LogP) is 3.92. The third-order valence-corrected chi connectivity index (χ3v) is 3.97. The number of carbonyl (C=O) groups excluding carboxylic acids is 1. The van der Waals surface area contributed by atoms with E-state index < -0.39 is 0 Å². The van der Waals surface area contributed by atoms with Gasteiger partial charge in [-0.25, -0.2) is 5.43 Å². The van der Waals surface area contributed by atoms with Gasteiger partial charge in [-0.15, -0.1) is 11.8 Å². The van der Waals surface area contributed by atoms with Gasteiger partial charge in [-0.3, -0.25) is 4.79 Å². The van der Waals surface area contributed by atoms with Gasteiger partial charge in [0.2, 0.25) is 0 Å². The normalized spacial score (nSPS) is 11.3. The van der Waals surface area contributed by atoms with Crippen LogP contribution in [0, 0.1) is 0 Å². The van der Waals surface area contributed by atoms with Crippen LogP contribution in [0.15, 0.2) is 52.5 Å². The Labute approximate surface area is 138 Å². The van der Waals surface area contributed by atoms with Crippen LogP contribution in [0.25, 0.3) is 0 Å². The lowest BCUT2D eigenvalue weighted by atomic mass is 10.1. The Hall–Kier alpha value is -1.98. The van der Waals surface area contributed by atoms with E-state index in [0.717, 1.165) is 4.90 Å². The molecule has 2 rings (SSSR count). The van der Waals surface area contributed by atoms with Gasteiger partial charge in [0.15, 0.2) is 0 Å². The van der Waals surface area contributed by atoms with Gasteiger partial charge < -0.3 is 5.11 Å². The second-order valence-electron chi connectivity index (χ2n) is 4.53. The van der Waals surface area contributed by atoms with E-state index in [-0.39, 0.29) is 11.7 Å². The average Bonchev–Trinajstić information content (AvgIpc) is 2.54. The van der Waals surface area contributed by atoms with Gasteiger partial charge in [-0.2, -0.15) is 5.10 Å². The monoisotopic (exact) mass is 334 g/mol. The number of hydrogen-bond acceptors (Lipinski definition) is 4. The number of halogens is 1. The highest BCUT2D eigenvalue weighted by Crippen LogP contribution is 2.22. The first kappa shape index (κ1) is 16.4. The minimum Gasteiger partial charge on any atom is -0.507 e. The van der Waals surface area contributed by atoms with E-state index in [1.54, 1.807) is 43.0 Å². The molecule has 6 heteroatoms. The number of hydrogen-bond donors (Lipinski definition) is 2. The minimum atomic E-state index is -0.309. The maximum atomic E-state index is 12.1. The van der Waals surface area contributed by atoms with Gasteiger partial charge in [0.05, 0.1) is 5.71 Å². The molecular formula is C16H15ClN2O2S. The molecule has 0 heterocycles. The first-order chi connectivity index (χ1) is 10.5. The molecule has 0 bridgehead atoms. The van der Waals surface area contributed by atoms with Gasteiger partial charge in [0.1, 0.15) is 5.75 Å². The number of hydrazone groups is 1. The summed E-state index contributed by atoms with van der Waals surface area (Å²) in [6, 6.07) is 11.9. The summed E-state index contributed by atoms with van der Waals surface area (Å²) in [4.78, 5) is 13.1. The van der Waals surface area contributed by atoms with E-state index in [9.17, 15) is 9.90 Å². The molecule has 0 radical (unpaired) electrons. The molecule has 0 atom stereocenters. The molecule has 0 fully saturated rings. The Kier molecular flexibility index (Phi) is 5.46. The van der Waals surface area contributed by atoms with Crippen LogP contribution in [0.3, 0.4) is 0 Å². The fourth-order valence-corrected chi connectivity index (χ4v) is 2.45. The van der Waals surface area contributed by atoms with E-state index in [2.05, 4.69) is 10.5 Å². The quantitative estimate of drug-likeness (QED) is 0.506. The Balaban J connectivity index is 2.16. The lowest BCUT2D eigenvalue weighted by Gasteiger charge is -2.06. The molecule has 1 amide bonds. The first-order valence-electron chi connectivity index (χ1n) is 6.49. The summed E-state index contributed by atoms with van der Waals surface area (Å²) in [5.41, 5.74) is 3.95. The van der Waals surface area contributed by atoms with Crippen molar-refractivity contribution in [3.05, 3.63) is 58.6 Å². The molecule has 2 aromatic rings. The molecule has 114 valence electrons. The summed E-state index contributed by atoms with van der Waals surface area (Å²) in [5, 5.41) is 14.3. The molecule has 0 unspecified atom stereocenters. The van der Waals surface area contributed by atoms with E-state index in [1.165, 1.54) is 6.07 Å². The number of rotatable bonds is 4. The lowest BCUT2D eigenvalue weighted by molar-refractivity contribution is 0.0954. The number of phenols is 1. The van der Waals surface area contributed by atoms with Gasteiger partial charge in [-0.05, 0) is 49.6 Å². The molecule has 0 aliphatic heterocycles. The lowest BCUT2D eigenvalue weighted by Crippen LogP contribution is -2.19. The molecule has 4 nitrogen and oxygen atoms in total. The Morgan fingerprint density at radius 2 is 2.05 bits per heavy atom. The highest BCUT2D eigenvalue weighted by molar-refractivity contribution is 7.98. The topological polar surface area (TPSA) is 61.7 Å². The van der Waals surface area contributed by atoms with Crippen LogP contribution < -0.4 is 5.43 Å². The van der Waals surface area contributed by atoms with Gasteiger partial charge >= 0.3 is 0 Å². The molecule has 0 spiro atoms. The summed E-state index contributed by atoms with van der Waals surface area (Å²) < 4.78 is 0. The van der Waals surface area contributed by atoms with Gasteiger partial charge in [0, 0.05) is 21.0 Å². The summed E-state index contributed by atoms with van der Waals surface area (Å²) in [5.74, 6) is -0.249. The van der Waals surface area contributed by atoms with Gasteiger partial charge in [-0.1, -0.05) is 17.7 Å². The zero-order chi connectivity index (χ0) is 16.1. The van der Waals surface area contributed by atoms with Crippen molar-refractivity contribution in [3.8, 4) is 5.75 Å². The molecular weight excluding hydrogens is 320 g/mol. The SMILES string of the molecule is CSc1cccc(C(=O)N/N=C(\C)c2cc(Cl)ccc2O)c1. The van der Waals surface area contributed by atoms with Crippen LogP contribution in [-0.2, 0) is 0 Å². The van der Waals surface area contributed by atoms with Crippen molar-refractivity contribution in [2.45, 2.75) is 11.8 Å². The Bertz CT molecular complexity index is 732. The number of carbonyl (C=O) groups is 1. The van der Waals surface area contributed by atoms with Crippen LogP contribution in [0.5, 0.6) is 5.75 Å². The van der Waals surface area contributed by atoms with Crippen LogP contribution in [-0.4, -0.2) is 23.0 Å². The van der Waals surface area contributed by atoms with Crippen molar-refractivity contribution in [1.29, 1.82) is 0 Å². The van der Waals surface area contributed by atoms with Gasteiger partial charge in [0.25, 0.3) is 5.91 Å². The van der Waals surface area contributed by atoms with E-state index in [4.69, 9.17) is 11.6 Å². The zero-order valence-electron chi connectivity index (χ0n) is 12.1. The molecule has 0 aliphatic rings. The van der Waals surface area contributed by atoms with Crippen molar-refractivity contribution >= 4 is 35.0 Å². The van der Waals surface area contributed by atoms with Crippen molar-refractivity contribution in [2.24, 2.45) is 5.10 Å². The smallest absolute Gasteiger partial charge is 0.271 e. The first-order valence-corrected chi connectivity index (χ1v) is 8.09. The highest BCUT2D eigenvalue weighted by Gasteiger charge is 2.08. The Morgan fingerprint density at radius 3 is 2.77 bits per heavy atom. The number of phenolic OH excluding ortho intramolecular Hbond substituents is 1. The summed E-state index contributed by atoms with van der Waals surface area (Å²) in [6.07, 6.45) is 1.95.